The third-order valence-corrected chi connectivity index (χ3v) is 3.18. The van der Waals surface area contributed by atoms with Crippen LogP contribution in [0.15, 0.2) is 47.1 Å². The van der Waals surface area contributed by atoms with Gasteiger partial charge in [-0.1, -0.05) is 29.4 Å². The van der Waals surface area contributed by atoms with Crippen LogP contribution in [0, 0.1) is 13.8 Å². The Hall–Kier alpha value is -2.36. The molecule has 0 saturated carbocycles. The van der Waals surface area contributed by atoms with E-state index < -0.39 is 0 Å². The van der Waals surface area contributed by atoms with Crippen LogP contribution >= 0.6 is 0 Å². The molecule has 3 rings (SSSR count). The van der Waals surface area contributed by atoms with E-state index in [1.165, 1.54) is 11.1 Å². The molecule has 1 aromatic carbocycles. The van der Waals surface area contributed by atoms with Gasteiger partial charge in [-0.15, -0.1) is 0 Å². The maximum absolute atomic E-state index is 5.24. The Morgan fingerprint density at radius 3 is 2.68 bits per heavy atom. The van der Waals surface area contributed by atoms with Crippen LogP contribution in [0.1, 0.15) is 17.0 Å². The molecule has 0 amide bonds. The fourth-order valence-electron chi connectivity index (χ4n) is 2.12. The van der Waals surface area contributed by atoms with Gasteiger partial charge in [0, 0.05) is 12.7 Å². The van der Waals surface area contributed by atoms with E-state index in [2.05, 4.69) is 45.9 Å². The fraction of sp³-hybridized carbons (Fsp3) is 0.200. The van der Waals surface area contributed by atoms with Gasteiger partial charge >= 0.3 is 0 Å². The Bertz CT molecular complexity index is 697. The predicted molar refractivity (Wildman–Crippen MR) is 72.7 cm³/mol. The van der Waals surface area contributed by atoms with Crippen LogP contribution in [0.5, 0.6) is 0 Å². The smallest absolute Gasteiger partial charge is 0.274 e. The van der Waals surface area contributed by atoms with Crippen molar-refractivity contribution in [1.82, 2.24) is 14.7 Å². The second-order valence-electron chi connectivity index (χ2n) is 4.59. The van der Waals surface area contributed by atoms with Crippen LogP contribution in [0.4, 0.5) is 0 Å². The monoisotopic (exact) mass is 253 g/mol. The maximum atomic E-state index is 5.24. The summed E-state index contributed by atoms with van der Waals surface area (Å²) in [6.45, 7) is 4.74. The zero-order valence-electron chi connectivity index (χ0n) is 11.0. The summed E-state index contributed by atoms with van der Waals surface area (Å²) in [5.41, 5.74) is 3.52. The summed E-state index contributed by atoms with van der Waals surface area (Å²) >= 11 is 0. The van der Waals surface area contributed by atoms with Crippen LogP contribution in [0.3, 0.4) is 0 Å². The number of aromatic nitrogens is 3. The first-order valence-electron chi connectivity index (χ1n) is 6.24. The largest absolute Gasteiger partial charge is 0.339 e. The van der Waals surface area contributed by atoms with E-state index in [-0.39, 0.29) is 0 Å². The lowest BCUT2D eigenvalue weighted by atomic mass is 10.1. The molecular formula is C15H15N3O. The maximum Gasteiger partial charge on any atom is 0.274 e. The second-order valence-corrected chi connectivity index (χ2v) is 4.59. The number of hydrogen-bond donors (Lipinski definition) is 0. The van der Waals surface area contributed by atoms with Crippen LogP contribution in [0.25, 0.3) is 11.6 Å². The van der Waals surface area contributed by atoms with E-state index in [9.17, 15) is 0 Å². The van der Waals surface area contributed by atoms with Crippen LogP contribution in [-0.2, 0) is 6.54 Å². The average Bonchev–Trinajstić information content (AvgIpc) is 3.01. The van der Waals surface area contributed by atoms with Crippen molar-refractivity contribution in [3.05, 3.63) is 59.5 Å². The molecule has 0 saturated heterocycles. The highest BCUT2D eigenvalue weighted by Crippen LogP contribution is 2.20. The van der Waals surface area contributed by atoms with Crippen LogP contribution in [0.2, 0.25) is 0 Å². The molecule has 19 heavy (non-hydrogen) atoms. The van der Waals surface area contributed by atoms with Crippen molar-refractivity contribution in [2.75, 3.05) is 0 Å². The van der Waals surface area contributed by atoms with Gasteiger partial charge in [-0.25, -0.2) is 0 Å². The lowest BCUT2D eigenvalue weighted by Gasteiger charge is -2.09. The van der Waals surface area contributed by atoms with Gasteiger partial charge in [-0.2, -0.15) is 4.98 Å². The molecule has 0 aliphatic rings. The molecule has 4 heteroatoms. The lowest BCUT2D eigenvalue weighted by Crippen LogP contribution is -2.02. The summed E-state index contributed by atoms with van der Waals surface area (Å²) in [7, 11) is 0. The van der Waals surface area contributed by atoms with Gasteiger partial charge < -0.3 is 9.09 Å². The zero-order chi connectivity index (χ0) is 13.2. The van der Waals surface area contributed by atoms with E-state index in [0.29, 0.717) is 11.7 Å². The third kappa shape index (κ3) is 2.29. The fourth-order valence-corrected chi connectivity index (χ4v) is 2.12. The van der Waals surface area contributed by atoms with E-state index in [1.54, 1.807) is 0 Å². The Kier molecular flexibility index (Phi) is 2.91. The van der Waals surface area contributed by atoms with Gasteiger partial charge in [-0.3, -0.25) is 0 Å². The van der Waals surface area contributed by atoms with Crippen LogP contribution < -0.4 is 0 Å². The van der Waals surface area contributed by atoms with Crippen molar-refractivity contribution in [1.29, 1.82) is 0 Å². The summed E-state index contributed by atoms with van der Waals surface area (Å²) < 4.78 is 7.36. The summed E-state index contributed by atoms with van der Waals surface area (Å²) in [6.07, 6.45) is 2.03. The second kappa shape index (κ2) is 4.72. The Morgan fingerprint density at radius 1 is 1.11 bits per heavy atom. The van der Waals surface area contributed by atoms with Gasteiger partial charge in [0.1, 0.15) is 5.69 Å². The van der Waals surface area contributed by atoms with Crippen molar-refractivity contribution in [3.63, 3.8) is 0 Å². The molecule has 0 aliphatic heterocycles. The molecule has 3 aromatic rings. The van der Waals surface area contributed by atoms with Crippen molar-refractivity contribution in [2.45, 2.75) is 20.4 Å². The molecule has 0 bridgehead atoms. The van der Waals surface area contributed by atoms with Gasteiger partial charge in [0.05, 0.1) is 0 Å². The summed E-state index contributed by atoms with van der Waals surface area (Å²) in [5.74, 6) is 1.22. The van der Waals surface area contributed by atoms with Crippen molar-refractivity contribution < 1.29 is 4.52 Å². The molecule has 2 heterocycles. The Morgan fingerprint density at radius 2 is 1.95 bits per heavy atom. The standard InChI is InChI=1S/C15H15N3O/c1-11-6-3-4-7-13(11)10-18-9-5-8-14(18)15-16-12(2)17-19-15/h3-9H,10H2,1-2H3. The molecule has 0 unspecified atom stereocenters. The highest BCUT2D eigenvalue weighted by atomic mass is 16.5. The first-order valence-corrected chi connectivity index (χ1v) is 6.24. The number of hydrogen-bond acceptors (Lipinski definition) is 3. The molecule has 4 nitrogen and oxygen atoms in total. The molecule has 0 N–H and O–H groups in total. The van der Waals surface area contributed by atoms with E-state index in [4.69, 9.17) is 4.52 Å². The van der Waals surface area contributed by atoms with E-state index >= 15 is 0 Å². The van der Waals surface area contributed by atoms with Crippen molar-refractivity contribution in [2.24, 2.45) is 0 Å². The minimum atomic E-state index is 0.566. The van der Waals surface area contributed by atoms with Crippen LogP contribution in [-0.4, -0.2) is 14.7 Å². The van der Waals surface area contributed by atoms with Crippen molar-refractivity contribution in [3.8, 4) is 11.6 Å². The molecular weight excluding hydrogens is 238 g/mol. The normalized spacial score (nSPS) is 10.8. The summed E-state index contributed by atoms with van der Waals surface area (Å²) in [4.78, 5) is 4.28. The number of aryl methyl sites for hydroxylation is 2. The topological polar surface area (TPSA) is 43.9 Å². The minimum Gasteiger partial charge on any atom is -0.339 e. The molecule has 96 valence electrons. The first-order chi connectivity index (χ1) is 9.24. The molecule has 0 aliphatic carbocycles. The number of rotatable bonds is 3. The predicted octanol–water partition coefficient (Wildman–Crippen LogP) is 3.20. The third-order valence-electron chi connectivity index (χ3n) is 3.18. The quantitative estimate of drug-likeness (QED) is 0.720. The summed E-state index contributed by atoms with van der Waals surface area (Å²) in [6, 6.07) is 12.4. The minimum absolute atomic E-state index is 0.566. The molecule has 2 aromatic heterocycles. The zero-order valence-corrected chi connectivity index (χ0v) is 11.0. The van der Waals surface area contributed by atoms with E-state index in [1.807, 2.05) is 25.3 Å². The van der Waals surface area contributed by atoms with Crippen molar-refractivity contribution >= 4 is 0 Å². The van der Waals surface area contributed by atoms with E-state index in [0.717, 1.165) is 12.2 Å². The molecule has 0 fully saturated rings. The highest BCUT2D eigenvalue weighted by molar-refractivity contribution is 5.48. The Labute approximate surface area is 111 Å². The lowest BCUT2D eigenvalue weighted by molar-refractivity contribution is 0.422. The van der Waals surface area contributed by atoms with Gasteiger partial charge in [-0.05, 0) is 37.1 Å². The number of nitrogens with zero attached hydrogens (tertiary/aromatic N) is 3. The Balaban J connectivity index is 1.95. The molecule has 0 radical (unpaired) electrons. The number of benzene rings is 1. The first kappa shape index (κ1) is 11.7. The molecule has 0 atom stereocenters. The average molecular weight is 253 g/mol. The SMILES string of the molecule is Cc1noc(-c2cccn2Cc2ccccc2C)n1. The van der Waals surface area contributed by atoms with Gasteiger partial charge in [0.15, 0.2) is 5.82 Å². The van der Waals surface area contributed by atoms with Gasteiger partial charge in [0.25, 0.3) is 5.89 Å². The van der Waals surface area contributed by atoms with Gasteiger partial charge in [0.2, 0.25) is 0 Å². The summed E-state index contributed by atoms with van der Waals surface area (Å²) in [5, 5.41) is 3.84. The molecule has 0 spiro atoms. The highest BCUT2D eigenvalue weighted by Gasteiger charge is 2.11.